The Kier molecular flexibility index (Phi) is 5.21. The fourth-order valence-corrected chi connectivity index (χ4v) is 1.84. The molecule has 0 aliphatic rings. The van der Waals surface area contributed by atoms with E-state index in [1.807, 2.05) is 0 Å². The highest BCUT2D eigenvalue weighted by Crippen LogP contribution is 2.33. The van der Waals surface area contributed by atoms with Crippen LogP contribution >= 0.6 is 11.6 Å². The summed E-state index contributed by atoms with van der Waals surface area (Å²) in [5.41, 5.74) is -0.925. The Morgan fingerprint density at radius 1 is 1.50 bits per heavy atom. The van der Waals surface area contributed by atoms with Crippen molar-refractivity contribution >= 4 is 23.3 Å². The molecular formula is C12H15ClF3N3O. The number of amides is 1. The van der Waals surface area contributed by atoms with Crippen LogP contribution in [0.4, 0.5) is 19.0 Å². The fourth-order valence-electron chi connectivity index (χ4n) is 1.52. The summed E-state index contributed by atoms with van der Waals surface area (Å²) in [7, 11) is 1.53. The number of carbonyl (C=O) groups is 1. The molecule has 0 spiro atoms. The molecule has 1 amide bonds. The van der Waals surface area contributed by atoms with E-state index >= 15 is 0 Å². The number of anilines is 1. The maximum atomic E-state index is 12.5. The molecule has 1 aromatic rings. The first-order valence-electron chi connectivity index (χ1n) is 5.84. The molecule has 112 valence electrons. The summed E-state index contributed by atoms with van der Waals surface area (Å²) in [4.78, 5) is 16.6. The van der Waals surface area contributed by atoms with Crippen molar-refractivity contribution in [1.29, 1.82) is 0 Å². The molecule has 8 heteroatoms. The van der Waals surface area contributed by atoms with Gasteiger partial charge < -0.3 is 10.2 Å². The monoisotopic (exact) mass is 309 g/mol. The first-order valence-corrected chi connectivity index (χ1v) is 6.22. The standard InChI is InChI=1S/C12H15ClF3N3O/c1-7(2)18-10(20)6-19(3)11-9(13)4-8(5-17-11)12(14,15)16/h4-5,7H,6H2,1-3H3,(H,18,20). The number of hydrogen-bond donors (Lipinski definition) is 1. The summed E-state index contributed by atoms with van der Waals surface area (Å²) in [6.45, 7) is 3.57. The summed E-state index contributed by atoms with van der Waals surface area (Å²) in [6.07, 6.45) is -3.80. The van der Waals surface area contributed by atoms with Crippen molar-refractivity contribution in [2.24, 2.45) is 0 Å². The number of hydrogen-bond acceptors (Lipinski definition) is 3. The highest BCUT2D eigenvalue weighted by atomic mass is 35.5. The van der Waals surface area contributed by atoms with Crippen molar-refractivity contribution in [3.8, 4) is 0 Å². The summed E-state index contributed by atoms with van der Waals surface area (Å²) in [5, 5.41) is 2.51. The number of nitrogens with one attached hydrogen (secondary N) is 1. The van der Waals surface area contributed by atoms with E-state index in [4.69, 9.17) is 11.6 Å². The Labute approximate surface area is 119 Å². The summed E-state index contributed by atoms with van der Waals surface area (Å²) in [5.74, 6) is -0.140. The first-order chi connectivity index (χ1) is 9.11. The highest BCUT2D eigenvalue weighted by Gasteiger charge is 2.31. The number of halogens is 4. The molecule has 0 fully saturated rings. The maximum absolute atomic E-state index is 12.5. The van der Waals surface area contributed by atoms with Gasteiger partial charge in [-0.15, -0.1) is 0 Å². The molecule has 0 aromatic carbocycles. The summed E-state index contributed by atoms with van der Waals surface area (Å²) < 4.78 is 37.4. The molecule has 0 saturated heterocycles. The largest absolute Gasteiger partial charge is 0.417 e. The van der Waals surface area contributed by atoms with Crippen LogP contribution in [0.15, 0.2) is 12.3 Å². The lowest BCUT2D eigenvalue weighted by molar-refractivity contribution is -0.137. The number of pyridine rings is 1. The Morgan fingerprint density at radius 3 is 2.55 bits per heavy atom. The van der Waals surface area contributed by atoms with E-state index < -0.39 is 11.7 Å². The second kappa shape index (κ2) is 6.30. The molecule has 1 heterocycles. The van der Waals surface area contributed by atoms with Crippen molar-refractivity contribution < 1.29 is 18.0 Å². The van der Waals surface area contributed by atoms with Crippen LogP contribution in [0, 0.1) is 0 Å². The lowest BCUT2D eigenvalue weighted by Crippen LogP contribution is -2.39. The fraction of sp³-hybridized carbons (Fsp3) is 0.500. The number of aromatic nitrogens is 1. The molecule has 1 N–H and O–H groups in total. The Hall–Kier alpha value is -1.50. The quantitative estimate of drug-likeness (QED) is 0.930. The molecule has 0 unspecified atom stereocenters. The van der Waals surface area contributed by atoms with Crippen LogP contribution in [0.5, 0.6) is 0 Å². The molecule has 4 nitrogen and oxygen atoms in total. The van der Waals surface area contributed by atoms with E-state index in [0.29, 0.717) is 6.20 Å². The van der Waals surface area contributed by atoms with Gasteiger partial charge in [-0.2, -0.15) is 13.2 Å². The number of rotatable bonds is 4. The van der Waals surface area contributed by atoms with E-state index in [2.05, 4.69) is 10.3 Å². The predicted molar refractivity (Wildman–Crippen MR) is 70.8 cm³/mol. The smallest absolute Gasteiger partial charge is 0.352 e. The average molecular weight is 310 g/mol. The molecule has 1 rings (SSSR count). The normalized spacial score (nSPS) is 11.6. The van der Waals surface area contributed by atoms with Gasteiger partial charge in [0.25, 0.3) is 0 Å². The highest BCUT2D eigenvalue weighted by molar-refractivity contribution is 6.33. The van der Waals surface area contributed by atoms with Crippen LogP contribution in [-0.2, 0) is 11.0 Å². The Morgan fingerprint density at radius 2 is 2.10 bits per heavy atom. The molecule has 0 bridgehead atoms. The minimum atomic E-state index is -4.50. The molecule has 0 saturated carbocycles. The lowest BCUT2D eigenvalue weighted by Gasteiger charge is -2.20. The van der Waals surface area contributed by atoms with Gasteiger partial charge in [-0.05, 0) is 19.9 Å². The van der Waals surface area contributed by atoms with Gasteiger partial charge in [-0.25, -0.2) is 4.98 Å². The topological polar surface area (TPSA) is 45.2 Å². The van der Waals surface area contributed by atoms with Gasteiger partial charge in [-0.1, -0.05) is 11.6 Å². The molecule has 0 atom stereocenters. The van der Waals surface area contributed by atoms with Crippen molar-refractivity contribution in [2.45, 2.75) is 26.1 Å². The number of alkyl halides is 3. The number of nitrogens with zero attached hydrogens (tertiary/aromatic N) is 2. The van der Waals surface area contributed by atoms with Gasteiger partial charge >= 0.3 is 6.18 Å². The van der Waals surface area contributed by atoms with Crippen LogP contribution in [0.2, 0.25) is 5.02 Å². The van der Waals surface area contributed by atoms with Gasteiger partial charge in [0.15, 0.2) is 0 Å². The van der Waals surface area contributed by atoms with E-state index in [9.17, 15) is 18.0 Å². The average Bonchev–Trinajstić information content (AvgIpc) is 2.25. The number of likely N-dealkylation sites (N-methyl/N-ethyl adjacent to an activating group) is 1. The van der Waals surface area contributed by atoms with E-state index in [1.54, 1.807) is 13.8 Å². The Balaban J connectivity index is 2.84. The zero-order valence-electron chi connectivity index (χ0n) is 11.3. The lowest BCUT2D eigenvalue weighted by atomic mass is 10.2. The minimum Gasteiger partial charge on any atom is -0.352 e. The second-order valence-corrected chi connectivity index (χ2v) is 5.01. The molecule has 0 radical (unpaired) electrons. The predicted octanol–water partition coefficient (Wildman–Crippen LogP) is 2.71. The third kappa shape index (κ3) is 4.56. The minimum absolute atomic E-state index is 0.0214. The SMILES string of the molecule is CC(C)NC(=O)CN(C)c1ncc(C(F)(F)F)cc1Cl. The molecule has 0 aliphatic heterocycles. The first kappa shape index (κ1) is 16.6. The van der Waals surface area contributed by atoms with Crippen LogP contribution in [0.1, 0.15) is 19.4 Å². The zero-order valence-corrected chi connectivity index (χ0v) is 12.0. The molecule has 20 heavy (non-hydrogen) atoms. The zero-order chi connectivity index (χ0) is 15.5. The van der Waals surface area contributed by atoms with Gasteiger partial charge in [0, 0.05) is 19.3 Å². The van der Waals surface area contributed by atoms with E-state index in [0.717, 1.165) is 6.07 Å². The maximum Gasteiger partial charge on any atom is 0.417 e. The molecular weight excluding hydrogens is 295 g/mol. The summed E-state index contributed by atoms with van der Waals surface area (Å²) >= 11 is 5.78. The van der Waals surface area contributed by atoms with Gasteiger partial charge in [0.2, 0.25) is 5.91 Å². The van der Waals surface area contributed by atoms with Crippen molar-refractivity contribution in [3.63, 3.8) is 0 Å². The van der Waals surface area contributed by atoms with Crippen molar-refractivity contribution in [2.75, 3.05) is 18.5 Å². The number of carbonyl (C=O) groups excluding carboxylic acids is 1. The van der Waals surface area contributed by atoms with Crippen LogP contribution in [0.3, 0.4) is 0 Å². The van der Waals surface area contributed by atoms with Gasteiger partial charge in [0.05, 0.1) is 17.1 Å². The Bertz CT molecular complexity index is 491. The van der Waals surface area contributed by atoms with Crippen molar-refractivity contribution in [3.05, 3.63) is 22.8 Å². The molecule has 1 aromatic heterocycles. The van der Waals surface area contributed by atoms with Crippen molar-refractivity contribution in [1.82, 2.24) is 10.3 Å². The van der Waals surface area contributed by atoms with Gasteiger partial charge in [0.1, 0.15) is 5.82 Å². The van der Waals surface area contributed by atoms with E-state index in [1.165, 1.54) is 11.9 Å². The van der Waals surface area contributed by atoms with Gasteiger partial charge in [-0.3, -0.25) is 4.79 Å². The summed E-state index contributed by atoms with van der Waals surface area (Å²) in [6, 6.07) is 0.771. The second-order valence-electron chi connectivity index (χ2n) is 4.61. The third-order valence-corrected chi connectivity index (χ3v) is 2.62. The third-order valence-electron chi connectivity index (χ3n) is 2.34. The van der Waals surface area contributed by atoms with Crippen LogP contribution in [-0.4, -0.2) is 30.5 Å². The van der Waals surface area contributed by atoms with E-state index in [-0.39, 0.29) is 29.3 Å². The molecule has 0 aliphatic carbocycles. The van der Waals surface area contributed by atoms with Crippen LogP contribution < -0.4 is 10.2 Å². The van der Waals surface area contributed by atoms with Crippen LogP contribution in [0.25, 0.3) is 0 Å².